The molecule has 1 atom stereocenters. The highest BCUT2D eigenvalue weighted by molar-refractivity contribution is 6.42. The Bertz CT molecular complexity index is 854. The number of carbonyl (C=O) groups is 3. The number of rotatable bonds is 5. The number of ketones is 1. The number of amides is 2. The first-order valence-corrected chi connectivity index (χ1v) is 8.51. The van der Waals surface area contributed by atoms with Crippen LogP contribution < -0.4 is 0 Å². The normalized spacial score (nSPS) is 16.8. The highest BCUT2D eigenvalue weighted by Crippen LogP contribution is 2.31. The van der Waals surface area contributed by atoms with Crippen LogP contribution in [0, 0.1) is 17.6 Å². The number of hydrogen-bond acceptors (Lipinski definition) is 4. The van der Waals surface area contributed by atoms with Crippen molar-refractivity contribution in [3.8, 4) is 0 Å². The molecule has 1 aliphatic rings. The number of hydrogen-bond donors (Lipinski definition) is 0. The zero-order valence-corrected chi connectivity index (χ0v) is 15.3. The molecule has 0 saturated carbocycles. The van der Waals surface area contributed by atoms with Crippen molar-refractivity contribution in [1.29, 1.82) is 0 Å². The first kappa shape index (κ1) is 19.6. The van der Waals surface area contributed by atoms with Gasteiger partial charge in [0.05, 0.1) is 7.11 Å². The molecule has 2 amide bonds. The third-order valence-electron chi connectivity index (χ3n) is 4.65. The standard InChI is InChI=1S/C20H18F2N2O4/c1-23-11-16(18(25)20(23)27)19(26)24(28-2)17(12-3-7-14(21)8-4-12)13-5-9-15(22)10-6-13/h3-10,16-17H,11H2,1-2H3. The van der Waals surface area contributed by atoms with Gasteiger partial charge >= 0.3 is 0 Å². The molecule has 0 N–H and O–H groups in total. The lowest BCUT2D eigenvalue weighted by molar-refractivity contribution is -0.189. The number of halogens is 2. The lowest BCUT2D eigenvalue weighted by atomic mass is 9.96. The minimum absolute atomic E-state index is 0.0596. The van der Waals surface area contributed by atoms with Gasteiger partial charge in [-0.15, -0.1) is 0 Å². The van der Waals surface area contributed by atoms with Crippen LogP contribution in [0.3, 0.4) is 0 Å². The number of likely N-dealkylation sites (tertiary alicyclic amines) is 1. The van der Waals surface area contributed by atoms with Crippen LogP contribution in [0.5, 0.6) is 0 Å². The van der Waals surface area contributed by atoms with Crippen molar-refractivity contribution in [2.75, 3.05) is 20.7 Å². The summed E-state index contributed by atoms with van der Waals surface area (Å²) in [4.78, 5) is 43.5. The molecule has 0 bridgehead atoms. The lowest BCUT2D eigenvalue weighted by Crippen LogP contribution is -2.41. The summed E-state index contributed by atoms with van der Waals surface area (Å²) in [5, 5.41) is 0.968. The van der Waals surface area contributed by atoms with Crippen molar-refractivity contribution in [3.63, 3.8) is 0 Å². The van der Waals surface area contributed by atoms with Gasteiger partial charge in [0.1, 0.15) is 23.6 Å². The monoisotopic (exact) mass is 388 g/mol. The molecule has 1 unspecified atom stereocenters. The maximum Gasteiger partial charge on any atom is 0.290 e. The molecule has 1 fully saturated rings. The molecule has 146 valence electrons. The quantitative estimate of drug-likeness (QED) is 0.447. The molecule has 2 aromatic carbocycles. The molecule has 1 heterocycles. The average Bonchev–Trinajstić information content (AvgIpc) is 2.95. The molecule has 0 radical (unpaired) electrons. The molecule has 8 heteroatoms. The van der Waals surface area contributed by atoms with Gasteiger partial charge in [-0.3, -0.25) is 19.2 Å². The molecule has 2 aromatic rings. The van der Waals surface area contributed by atoms with Gasteiger partial charge in [-0.25, -0.2) is 13.8 Å². The summed E-state index contributed by atoms with van der Waals surface area (Å²) in [6.07, 6.45) is 0. The van der Waals surface area contributed by atoms with Crippen LogP contribution in [0.25, 0.3) is 0 Å². The third kappa shape index (κ3) is 3.63. The van der Waals surface area contributed by atoms with E-state index < -0.39 is 41.2 Å². The Hall–Kier alpha value is -3.13. The Kier molecular flexibility index (Phi) is 5.51. The van der Waals surface area contributed by atoms with E-state index in [1.54, 1.807) is 0 Å². The van der Waals surface area contributed by atoms with Crippen molar-refractivity contribution in [2.24, 2.45) is 5.92 Å². The SMILES string of the molecule is CON(C(=O)C1CN(C)C(=O)C1=O)C(c1ccc(F)cc1)c1ccc(F)cc1. The van der Waals surface area contributed by atoms with Gasteiger partial charge in [0.15, 0.2) is 0 Å². The molecule has 1 aliphatic heterocycles. The zero-order chi connectivity index (χ0) is 20.4. The Morgan fingerprint density at radius 1 is 1.04 bits per heavy atom. The van der Waals surface area contributed by atoms with Crippen LogP contribution in [0.1, 0.15) is 17.2 Å². The summed E-state index contributed by atoms with van der Waals surface area (Å²) in [7, 11) is 2.69. The summed E-state index contributed by atoms with van der Waals surface area (Å²) in [6.45, 7) is -0.0596. The average molecular weight is 388 g/mol. The van der Waals surface area contributed by atoms with Crippen molar-refractivity contribution in [2.45, 2.75) is 6.04 Å². The number of likely N-dealkylation sites (N-methyl/N-ethyl adjacent to an activating group) is 1. The number of nitrogens with zero attached hydrogens (tertiary/aromatic N) is 2. The smallest absolute Gasteiger partial charge is 0.290 e. The number of carbonyl (C=O) groups excluding carboxylic acids is 3. The molecule has 1 saturated heterocycles. The minimum Gasteiger partial charge on any atom is -0.338 e. The molecule has 0 aliphatic carbocycles. The second-order valence-electron chi connectivity index (χ2n) is 6.45. The Labute approximate surface area is 160 Å². The predicted octanol–water partition coefficient (Wildman–Crippen LogP) is 2.10. The maximum absolute atomic E-state index is 13.4. The summed E-state index contributed by atoms with van der Waals surface area (Å²) in [6, 6.07) is 9.90. The minimum atomic E-state index is -1.21. The van der Waals surface area contributed by atoms with Gasteiger partial charge in [0.25, 0.3) is 11.8 Å². The lowest BCUT2D eigenvalue weighted by Gasteiger charge is -2.31. The summed E-state index contributed by atoms with van der Waals surface area (Å²) >= 11 is 0. The van der Waals surface area contributed by atoms with Crippen LogP contribution in [0.4, 0.5) is 8.78 Å². The molecule has 0 aromatic heterocycles. The van der Waals surface area contributed by atoms with Crippen LogP contribution >= 0.6 is 0 Å². The van der Waals surface area contributed by atoms with Gasteiger partial charge in [0, 0.05) is 13.6 Å². The first-order chi connectivity index (χ1) is 13.3. The van der Waals surface area contributed by atoms with E-state index in [0.717, 1.165) is 5.06 Å². The third-order valence-corrected chi connectivity index (χ3v) is 4.65. The Balaban J connectivity index is 2.03. The van der Waals surface area contributed by atoms with Crippen LogP contribution in [0.15, 0.2) is 48.5 Å². The highest BCUT2D eigenvalue weighted by Gasteiger charge is 2.45. The van der Waals surface area contributed by atoms with Crippen molar-refractivity contribution in [3.05, 3.63) is 71.3 Å². The van der Waals surface area contributed by atoms with Crippen molar-refractivity contribution >= 4 is 17.6 Å². The van der Waals surface area contributed by atoms with E-state index in [2.05, 4.69) is 0 Å². The van der Waals surface area contributed by atoms with Crippen molar-refractivity contribution in [1.82, 2.24) is 9.96 Å². The second kappa shape index (κ2) is 7.85. The van der Waals surface area contributed by atoms with E-state index >= 15 is 0 Å². The van der Waals surface area contributed by atoms with Gasteiger partial charge in [-0.2, -0.15) is 0 Å². The van der Waals surface area contributed by atoms with Gasteiger partial charge < -0.3 is 4.90 Å². The molecule has 0 spiro atoms. The number of hydroxylamine groups is 2. The van der Waals surface area contributed by atoms with Gasteiger partial charge in [-0.1, -0.05) is 24.3 Å². The largest absolute Gasteiger partial charge is 0.338 e. The van der Waals surface area contributed by atoms with Crippen LogP contribution in [-0.2, 0) is 19.2 Å². The van der Waals surface area contributed by atoms with Crippen LogP contribution in [0.2, 0.25) is 0 Å². The summed E-state index contributed by atoms with van der Waals surface area (Å²) in [5.74, 6) is -4.39. The fourth-order valence-electron chi connectivity index (χ4n) is 3.20. The van der Waals surface area contributed by atoms with Crippen molar-refractivity contribution < 1.29 is 28.0 Å². The topological polar surface area (TPSA) is 66.9 Å². The predicted molar refractivity (Wildman–Crippen MR) is 94.6 cm³/mol. The number of benzene rings is 2. The van der Waals surface area contributed by atoms with Gasteiger partial charge in [-0.05, 0) is 35.4 Å². The van der Waals surface area contributed by atoms with E-state index in [4.69, 9.17) is 4.84 Å². The number of Topliss-reactive ketones (excluding diaryl/α,β-unsaturated/α-hetero) is 1. The zero-order valence-electron chi connectivity index (χ0n) is 15.3. The summed E-state index contributed by atoms with van der Waals surface area (Å²) < 4.78 is 26.8. The first-order valence-electron chi connectivity index (χ1n) is 8.51. The van der Waals surface area contributed by atoms with E-state index in [1.807, 2.05) is 0 Å². The molecular weight excluding hydrogens is 370 g/mol. The van der Waals surface area contributed by atoms with Crippen LogP contribution in [-0.4, -0.2) is 48.3 Å². The molecule has 3 rings (SSSR count). The van der Waals surface area contributed by atoms with E-state index in [0.29, 0.717) is 11.1 Å². The van der Waals surface area contributed by atoms with Gasteiger partial charge in [0.2, 0.25) is 5.78 Å². The van der Waals surface area contributed by atoms with E-state index in [9.17, 15) is 23.2 Å². The highest BCUT2D eigenvalue weighted by atomic mass is 19.1. The molecule has 28 heavy (non-hydrogen) atoms. The van der Waals surface area contributed by atoms with E-state index in [1.165, 1.54) is 67.6 Å². The Morgan fingerprint density at radius 3 is 1.86 bits per heavy atom. The fourth-order valence-corrected chi connectivity index (χ4v) is 3.20. The second-order valence-corrected chi connectivity index (χ2v) is 6.45. The summed E-state index contributed by atoms with van der Waals surface area (Å²) in [5.41, 5.74) is 0.988. The van der Waals surface area contributed by atoms with E-state index in [-0.39, 0.29) is 6.54 Å². The maximum atomic E-state index is 13.4. The molecule has 6 nitrogen and oxygen atoms in total. The molecular formula is C20H18F2N2O4. The Morgan fingerprint density at radius 2 is 1.50 bits per heavy atom. The fraction of sp³-hybridized carbons (Fsp3) is 0.250.